The number of carbonyl (C=O) groups excluding carboxylic acids is 3. The zero-order chi connectivity index (χ0) is 21.0. The number of ether oxygens (including phenoxy) is 2. The van der Waals surface area contributed by atoms with Crippen LogP contribution in [-0.2, 0) is 22.5 Å². The van der Waals surface area contributed by atoms with E-state index in [0.717, 1.165) is 16.0 Å². The van der Waals surface area contributed by atoms with E-state index in [2.05, 4.69) is 5.32 Å². The molecule has 0 bridgehead atoms. The smallest absolute Gasteiger partial charge is 0.410 e. The molecule has 3 amide bonds. The van der Waals surface area contributed by atoms with Crippen LogP contribution in [0.5, 0.6) is 5.75 Å². The van der Waals surface area contributed by atoms with Crippen LogP contribution >= 0.6 is 11.3 Å². The van der Waals surface area contributed by atoms with Crippen LogP contribution in [0.4, 0.5) is 9.80 Å². The van der Waals surface area contributed by atoms with Crippen LogP contribution in [0.25, 0.3) is 0 Å². The highest BCUT2D eigenvalue weighted by molar-refractivity contribution is 7.17. The standard InChI is InChI=1S/C20H23N3O5S/c1-3-27-20(26)23-9-8-13-15(10-23)29-19(17(13)18(21)25)22-16(24)11-28-14-7-5-4-6-12(14)2/h4-7H,3,8-11H2,1-2H3,(H2,21,25)(H,22,24). The van der Waals surface area contributed by atoms with Gasteiger partial charge < -0.3 is 25.4 Å². The highest BCUT2D eigenvalue weighted by Crippen LogP contribution is 2.37. The summed E-state index contributed by atoms with van der Waals surface area (Å²) in [5.74, 6) is -0.382. The van der Waals surface area contributed by atoms with E-state index in [0.29, 0.717) is 42.4 Å². The molecule has 0 spiro atoms. The number of thiophene rings is 1. The predicted molar refractivity (Wildman–Crippen MR) is 109 cm³/mol. The number of primary amides is 1. The summed E-state index contributed by atoms with van der Waals surface area (Å²) in [7, 11) is 0. The quantitative estimate of drug-likeness (QED) is 0.751. The summed E-state index contributed by atoms with van der Waals surface area (Å²) in [6, 6.07) is 7.39. The SMILES string of the molecule is CCOC(=O)N1CCc2c(sc(NC(=O)COc3ccccc3C)c2C(N)=O)C1. The van der Waals surface area contributed by atoms with Crippen molar-refractivity contribution in [3.63, 3.8) is 0 Å². The maximum absolute atomic E-state index is 12.4. The second-order valence-electron chi connectivity index (χ2n) is 6.54. The fraction of sp³-hybridized carbons (Fsp3) is 0.350. The molecule has 1 aromatic carbocycles. The first-order valence-electron chi connectivity index (χ1n) is 9.25. The van der Waals surface area contributed by atoms with E-state index in [1.165, 1.54) is 11.3 Å². The zero-order valence-electron chi connectivity index (χ0n) is 16.3. The molecule has 154 valence electrons. The summed E-state index contributed by atoms with van der Waals surface area (Å²) in [6.45, 7) is 4.47. The first-order chi connectivity index (χ1) is 13.9. The number of hydrogen-bond acceptors (Lipinski definition) is 6. The lowest BCUT2D eigenvalue weighted by Gasteiger charge is -2.26. The molecule has 0 atom stereocenters. The Morgan fingerprint density at radius 1 is 1.28 bits per heavy atom. The number of nitrogens with one attached hydrogen (secondary N) is 1. The maximum Gasteiger partial charge on any atom is 0.410 e. The van der Waals surface area contributed by atoms with Gasteiger partial charge in [0.15, 0.2) is 6.61 Å². The number of nitrogens with two attached hydrogens (primary N) is 1. The fourth-order valence-electron chi connectivity index (χ4n) is 3.15. The van der Waals surface area contributed by atoms with E-state index in [1.807, 2.05) is 25.1 Å². The fourth-order valence-corrected chi connectivity index (χ4v) is 4.43. The van der Waals surface area contributed by atoms with Crippen LogP contribution in [0.1, 0.15) is 33.3 Å². The summed E-state index contributed by atoms with van der Waals surface area (Å²) in [5.41, 5.74) is 7.57. The minimum atomic E-state index is -0.609. The normalized spacial score (nSPS) is 12.8. The molecule has 0 radical (unpaired) electrons. The number of para-hydroxylation sites is 1. The molecule has 0 saturated carbocycles. The number of hydrogen-bond donors (Lipinski definition) is 2. The molecule has 2 heterocycles. The Labute approximate surface area is 172 Å². The summed E-state index contributed by atoms with van der Waals surface area (Å²) >= 11 is 1.24. The number of rotatable bonds is 6. The van der Waals surface area contributed by atoms with Crippen molar-refractivity contribution >= 4 is 34.2 Å². The molecule has 1 aliphatic heterocycles. The summed E-state index contributed by atoms with van der Waals surface area (Å²) in [6.07, 6.45) is 0.0720. The average molecular weight is 417 g/mol. The Hall–Kier alpha value is -3.07. The Morgan fingerprint density at radius 3 is 2.72 bits per heavy atom. The molecule has 3 N–H and O–H groups in total. The lowest BCUT2D eigenvalue weighted by Crippen LogP contribution is -2.36. The van der Waals surface area contributed by atoms with Crippen molar-refractivity contribution in [2.75, 3.05) is 25.1 Å². The van der Waals surface area contributed by atoms with E-state index in [1.54, 1.807) is 17.9 Å². The van der Waals surface area contributed by atoms with E-state index in [-0.39, 0.29) is 6.61 Å². The van der Waals surface area contributed by atoms with Gasteiger partial charge in [-0.15, -0.1) is 11.3 Å². The topological polar surface area (TPSA) is 111 Å². The van der Waals surface area contributed by atoms with Crippen LogP contribution in [0.15, 0.2) is 24.3 Å². The lowest BCUT2D eigenvalue weighted by molar-refractivity contribution is -0.118. The molecule has 9 heteroatoms. The predicted octanol–water partition coefficient (Wildman–Crippen LogP) is 2.69. The number of anilines is 1. The molecule has 1 aliphatic rings. The van der Waals surface area contributed by atoms with Gasteiger partial charge in [-0.3, -0.25) is 9.59 Å². The molecular weight excluding hydrogens is 394 g/mol. The van der Waals surface area contributed by atoms with Crippen LogP contribution in [0.2, 0.25) is 0 Å². The van der Waals surface area contributed by atoms with Gasteiger partial charge in [-0.2, -0.15) is 0 Å². The van der Waals surface area contributed by atoms with Crippen molar-refractivity contribution in [2.45, 2.75) is 26.8 Å². The van der Waals surface area contributed by atoms with Crippen molar-refractivity contribution in [1.29, 1.82) is 0 Å². The van der Waals surface area contributed by atoms with Crippen molar-refractivity contribution in [1.82, 2.24) is 4.90 Å². The molecule has 29 heavy (non-hydrogen) atoms. The number of nitrogens with zero attached hydrogens (tertiary/aromatic N) is 1. The highest BCUT2D eigenvalue weighted by Gasteiger charge is 2.30. The van der Waals surface area contributed by atoms with E-state index in [4.69, 9.17) is 15.2 Å². The van der Waals surface area contributed by atoms with Crippen molar-refractivity contribution in [2.24, 2.45) is 5.73 Å². The minimum absolute atomic E-state index is 0.194. The molecule has 0 fully saturated rings. The Morgan fingerprint density at radius 2 is 2.03 bits per heavy atom. The van der Waals surface area contributed by atoms with Crippen LogP contribution in [-0.4, -0.2) is 42.6 Å². The zero-order valence-corrected chi connectivity index (χ0v) is 17.1. The van der Waals surface area contributed by atoms with E-state index in [9.17, 15) is 14.4 Å². The summed E-state index contributed by atoms with van der Waals surface area (Å²) in [4.78, 5) is 38.8. The second kappa shape index (κ2) is 8.95. The monoisotopic (exact) mass is 417 g/mol. The van der Waals surface area contributed by atoms with E-state index >= 15 is 0 Å². The molecule has 3 rings (SSSR count). The third-order valence-corrected chi connectivity index (χ3v) is 5.67. The first kappa shape index (κ1) is 20.7. The minimum Gasteiger partial charge on any atom is -0.483 e. The van der Waals surface area contributed by atoms with Gasteiger partial charge in [0.05, 0.1) is 18.7 Å². The second-order valence-corrected chi connectivity index (χ2v) is 7.65. The summed E-state index contributed by atoms with van der Waals surface area (Å²) < 4.78 is 10.6. The molecule has 8 nitrogen and oxygen atoms in total. The highest BCUT2D eigenvalue weighted by atomic mass is 32.1. The van der Waals surface area contributed by atoms with Gasteiger partial charge in [-0.1, -0.05) is 18.2 Å². The van der Waals surface area contributed by atoms with Gasteiger partial charge in [-0.05, 0) is 37.5 Å². The number of carbonyl (C=O) groups is 3. The molecule has 0 unspecified atom stereocenters. The Bertz CT molecular complexity index is 940. The average Bonchev–Trinajstić information content (AvgIpc) is 3.04. The van der Waals surface area contributed by atoms with Crippen molar-refractivity contribution in [3.05, 3.63) is 45.8 Å². The van der Waals surface area contributed by atoms with Gasteiger partial charge in [-0.25, -0.2) is 4.79 Å². The summed E-state index contributed by atoms with van der Waals surface area (Å²) in [5, 5.41) is 3.11. The molecular formula is C20H23N3O5S. The Balaban J connectivity index is 1.72. The van der Waals surface area contributed by atoms with Gasteiger partial charge in [0, 0.05) is 11.4 Å². The number of amides is 3. The van der Waals surface area contributed by atoms with E-state index < -0.39 is 17.9 Å². The van der Waals surface area contributed by atoms with Crippen molar-refractivity contribution < 1.29 is 23.9 Å². The van der Waals surface area contributed by atoms with Crippen molar-refractivity contribution in [3.8, 4) is 5.75 Å². The van der Waals surface area contributed by atoms with Crippen LogP contribution in [0.3, 0.4) is 0 Å². The van der Waals surface area contributed by atoms with Crippen LogP contribution in [0, 0.1) is 6.92 Å². The first-order valence-corrected chi connectivity index (χ1v) is 10.1. The number of benzene rings is 1. The number of fused-ring (bicyclic) bond motifs is 1. The third-order valence-electron chi connectivity index (χ3n) is 4.53. The van der Waals surface area contributed by atoms with Gasteiger partial charge in [0.1, 0.15) is 10.8 Å². The van der Waals surface area contributed by atoms with Gasteiger partial charge >= 0.3 is 6.09 Å². The maximum atomic E-state index is 12.4. The molecule has 2 aromatic rings. The van der Waals surface area contributed by atoms with Crippen LogP contribution < -0.4 is 15.8 Å². The molecule has 0 aliphatic carbocycles. The largest absolute Gasteiger partial charge is 0.483 e. The van der Waals surface area contributed by atoms with Gasteiger partial charge in [0.2, 0.25) is 0 Å². The Kier molecular flexibility index (Phi) is 6.38. The van der Waals surface area contributed by atoms with Gasteiger partial charge in [0.25, 0.3) is 11.8 Å². The lowest BCUT2D eigenvalue weighted by atomic mass is 10.0. The molecule has 1 aromatic heterocycles. The molecule has 0 saturated heterocycles. The third kappa shape index (κ3) is 4.68. The number of aryl methyl sites for hydroxylation is 1.